The van der Waals surface area contributed by atoms with Gasteiger partial charge in [-0.05, 0) is 13.8 Å². The van der Waals surface area contributed by atoms with Crippen molar-refractivity contribution >= 4 is 8.25 Å². The highest BCUT2D eigenvalue weighted by Gasteiger charge is 2.40. The summed E-state index contributed by atoms with van der Waals surface area (Å²) >= 11 is 0. The van der Waals surface area contributed by atoms with E-state index in [0.717, 1.165) is 13.1 Å². The molecule has 0 fully saturated rings. The van der Waals surface area contributed by atoms with E-state index in [-0.39, 0.29) is 12.7 Å². The highest BCUT2D eigenvalue weighted by atomic mass is 31.1. The van der Waals surface area contributed by atoms with Crippen molar-refractivity contribution in [3.8, 4) is 0 Å². The van der Waals surface area contributed by atoms with Gasteiger partial charge in [-0.1, -0.05) is 22.9 Å². The molecule has 2 unspecified atom stereocenters. The van der Waals surface area contributed by atoms with Crippen molar-refractivity contribution in [2.75, 3.05) is 27.2 Å². The van der Waals surface area contributed by atoms with E-state index in [0.29, 0.717) is 0 Å². The van der Waals surface area contributed by atoms with Gasteiger partial charge in [-0.15, -0.1) is 0 Å². The minimum Gasteiger partial charge on any atom is -0.333 e. The lowest BCUT2D eigenvalue weighted by atomic mass is 10.6. The van der Waals surface area contributed by atoms with Gasteiger partial charge in [0.05, 0.1) is 0 Å². The molecule has 0 saturated heterocycles. The average Bonchev–Trinajstić information content (AvgIpc) is 3.05. The molecule has 0 N–H and O–H groups in total. The average molecular weight is 331 g/mol. The van der Waals surface area contributed by atoms with Crippen molar-refractivity contribution in [1.82, 2.24) is 19.6 Å². The molecule has 0 radical (unpaired) electrons. The molecule has 2 aliphatic heterocycles. The second-order valence-electron chi connectivity index (χ2n) is 4.68. The maximum Gasteiger partial charge on any atom is 0.705 e. The summed E-state index contributed by atoms with van der Waals surface area (Å²) < 4.78 is 23.2. The Kier molecular flexibility index (Phi) is 7.65. The minimum absolute atomic E-state index is 0.377. The number of hydrogen-bond acceptors (Lipinski definition) is 7. The monoisotopic (exact) mass is 331 g/mol. The van der Waals surface area contributed by atoms with Crippen LogP contribution in [0.5, 0.6) is 0 Å². The number of hydrogen-bond donors (Lipinski definition) is 0. The molecule has 0 bridgehead atoms. The quantitative estimate of drug-likeness (QED) is 0.694. The maximum absolute atomic E-state index is 12.1. The van der Waals surface area contributed by atoms with Gasteiger partial charge in [-0.25, -0.2) is 0 Å². The van der Waals surface area contributed by atoms with Crippen LogP contribution in [-0.2, 0) is 13.6 Å². The topological polar surface area (TPSA) is 48.5 Å². The molecule has 0 saturated carbocycles. The molecule has 2 atom stereocenters. The van der Waals surface area contributed by atoms with Crippen LogP contribution in [-0.4, -0.2) is 59.5 Å². The van der Waals surface area contributed by atoms with Crippen LogP contribution >= 0.6 is 8.25 Å². The summed E-state index contributed by atoms with van der Waals surface area (Å²) in [6, 6.07) is 0. The lowest BCUT2D eigenvalue weighted by Crippen LogP contribution is -2.39. The zero-order valence-corrected chi connectivity index (χ0v) is 15.2. The van der Waals surface area contributed by atoms with Gasteiger partial charge < -0.3 is 19.6 Å². The van der Waals surface area contributed by atoms with Crippen LogP contribution in [0.3, 0.4) is 0 Å². The predicted molar refractivity (Wildman–Crippen MR) is 87.3 cm³/mol. The van der Waals surface area contributed by atoms with E-state index in [1.165, 1.54) is 0 Å². The van der Waals surface area contributed by atoms with Crippen molar-refractivity contribution < 1.29 is 13.6 Å². The highest BCUT2D eigenvalue weighted by Crippen LogP contribution is 2.34. The summed E-state index contributed by atoms with van der Waals surface area (Å²) in [4.78, 5) is 7.61. The second kappa shape index (κ2) is 8.98. The summed E-state index contributed by atoms with van der Waals surface area (Å²) in [5, 5.41) is 0. The van der Waals surface area contributed by atoms with Gasteiger partial charge in [-0.3, -0.25) is 0 Å². The fourth-order valence-corrected chi connectivity index (χ4v) is 3.01. The SMILES string of the molecule is CC.CCN1C=CN(C)C1O[P+](=O)OC1N(C)C=CN1CC. The van der Waals surface area contributed by atoms with Crippen LogP contribution in [0.4, 0.5) is 0 Å². The van der Waals surface area contributed by atoms with Gasteiger partial charge in [0.15, 0.2) is 0 Å². The third kappa shape index (κ3) is 4.35. The molecule has 2 heterocycles. The highest BCUT2D eigenvalue weighted by molar-refractivity contribution is 7.33. The van der Waals surface area contributed by atoms with Crippen LogP contribution in [0.25, 0.3) is 0 Å². The van der Waals surface area contributed by atoms with Gasteiger partial charge >= 0.3 is 8.25 Å². The van der Waals surface area contributed by atoms with E-state index in [9.17, 15) is 4.57 Å². The van der Waals surface area contributed by atoms with E-state index in [1.54, 1.807) is 0 Å². The Labute approximate surface area is 134 Å². The van der Waals surface area contributed by atoms with Gasteiger partial charge in [0, 0.05) is 56.5 Å². The fourth-order valence-electron chi connectivity index (χ4n) is 2.12. The Balaban J connectivity index is 0.00000116. The summed E-state index contributed by atoms with van der Waals surface area (Å²) in [6.07, 6.45) is 6.85. The standard InChI is InChI=1S/C12H22N4O3P.C2H6/c1-5-15-9-7-13(3)11(15)18-20(17)19-12-14(4)8-10-16(12)6-2;1-2/h7-12H,5-6H2,1-4H3;1-2H3/q+1;. The summed E-state index contributed by atoms with van der Waals surface area (Å²) in [7, 11) is 1.54. The molecule has 0 aromatic heterocycles. The van der Waals surface area contributed by atoms with Crippen LogP contribution in [0, 0.1) is 0 Å². The first-order chi connectivity index (χ1) is 10.6. The largest absolute Gasteiger partial charge is 0.705 e. The molecule has 126 valence electrons. The van der Waals surface area contributed by atoms with Gasteiger partial charge in [-0.2, -0.15) is 0 Å². The molecule has 22 heavy (non-hydrogen) atoms. The van der Waals surface area contributed by atoms with Crippen molar-refractivity contribution in [3.05, 3.63) is 24.8 Å². The van der Waals surface area contributed by atoms with E-state index >= 15 is 0 Å². The molecule has 7 nitrogen and oxygen atoms in total. The van der Waals surface area contributed by atoms with E-state index < -0.39 is 8.25 Å². The lowest BCUT2D eigenvalue weighted by molar-refractivity contribution is -0.0533. The van der Waals surface area contributed by atoms with Crippen molar-refractivity contribution in [3.63, 3.8) is 0 Å². The third-order valence-electron chi connectivity index (χ3n) is 3.34. The summed E-state index contributed by atoms with van der Waals surface area (Å²) in [5.74, 6) is 0. The Morgan fingerprint density at radius 1 is 0.864 bits per heavy atom. The minimum atomic E-state index is -2.22. The molecule has 0 aromatic carbocycles. The third-order valence-corrected chi connectivity index (χ3v) is 4.06. The second-order valence-corrected chi connectivity index (χ2v) is 5.54. The predicted octanol–water partition coefficient (Wildman–Crippen LogP) is 2.75. The molecule has 8 heteroatoms. The molecule has 0 amide bonds. The molecule has 0 spiro atoms. The van der Waals surface area contributed by atoms with Crippen molar-refractivity contribution in [1.29, 1.82) is 0 Å². The zero-order chi connectivity index (χ0) is 16.7. The van der Waals surface area contributed by atoms with Gasteiger partial charge in [0.1, 0.15) is 0 Å². The Morgan fingerprint density at radius 3 is 1.55 bits per heavy atom. The number of nitrogens with zero attached hydrogens (tertiary/aromatic N) is 4. The van der Waals surface area contributed by atoms with Gasteiger partial charge in [0.25, 0.3) is 12.7 Å². The molecular formula is C14H28N4O3P+. The summed E-state index contributed by atoms with van der Waals surface area (Å²) in [6.45, 7) is 9.59. The molecular weight excluding hydrogens is 303 g/mol. The molecule has 2 rings (SSSR count). The molecule has 2 aliphatic rings. The van der Waals surface area contributed by atoms with E-state index in [4.69, 9.17) is 9.05 Å². The Hall–Kier alpha value is -1.30. The molecule has 0 aliphatic carbocycles. The first-order valence-electron chi connectivity index (χ1n) is 7.69. The zero-order valence-electron chi connectivity index (χ0n) is 14.3. The Morgan fingerprint density at radius 2 is 1.23 bits per heavy atom. The maximum atomic E-state index is 12.1. The van der Waals surface area contributed by atoms with Crippen LogP contribution in [0.2, 0.25) is 0 Å². The fraction of sp³-hybridized carbons (Fsp3) is 0.714. The molecule has 0 aromatic rings. The first-order valence-corrected chi connectivity index (χ1v) is 8.79. The van der Waals surface area contributed by atoms with Crippen LogP contribution < -0.4 is 0 Å². The number of rotatable bonds is 6. The van der Waals surface area contributed by atoms with Gasteiger partial charge in [0.2, 0.25) is 0 Å². The van der Waals surface area contributed by atoms with E-state index in [2.05, 4.69) is 0 Å². The smallest absolute Gasteiger partial charge is 0.333 e. The van der Waals surface area contributed by atoms with Crippen molar-refractivity contribution in [2.45, 2.75) is 40.4 Å². The Bertz CT molecular complexity index is 383. The van der Waals surface area contributed by atoms with E-state index in [1.807, 2.05) is 86.2 Å². The van der Waals surface area contributed by atoms with Crippen LogP contribution in [0.15, 0.2) is 24.8 Å². The first kappa shape index (κ1) is 18.7. The van der Waals surface area contributed by atoms with Crippen molar-refractivity contribution in [2.24, 2.45) is 0 Å². The van der Waals surface area contributed by atoms with Crippen LogP contribution in [0.1, 0.15) is 27.7 Å². The normalized spacial score (nSPS) is 24.0. The lowest BCUT2D eigenvalue weighted by Gasteiger charge is -2.26. The summed E-state index contributed by atoms with van der Waals surface area (Å²) in [5.41, 5.74) is 0.